The molecular formula is C23H22BrNO3S. The van der Waals surface area contributed by atoms with Gasteiger partial charge < -0.3 is 9.72 Å². The van der Waals surface area contributed by atoms with Crippen LogP contribution in [0, 0.1) is 5.41 Å². The minimum Gasteiger partial charge on any atom is -0.488 e. The van der Waals surface area contributed by atoms with Crippen LogP contribution < -0.4 is 19.5 Å². The summed E-state index contributed by atoms with van der Waals surface area (Å²) in [6.45, 7) is 5.98. The third-order valence-electron chi connectivity index (χ3n) is 4.18. The molecule has 1 aromatic heterocycles. The number of ether oxygens (including phenoxy) is 1. The quantitative estimate of drug-likeness (QED) is 0.611. The van der Waals surface area contributed by atoms with Crippen LogP contribution in [0.3, 0.4) is 0 Å². The molecule has 0 aliphatic carbocycles. The van der Waals surface area contributed by atoms with Crippen molar-refractivity contribution in [2.75, 3.05) is 0 Å². The second kappa shape index (κ2) is 8.93. The van der Waals surface area contributed by atoms with E-state index in [9.17, 15) is 9.59 Å². The van der Waals surface area contributed by atoms with Crippen LogP contribution in [0.25, 0.3) is 12.2 Å². The summed E-state index contributed by atoms with van der Waals surface area (Å²) in [4.78, 5) is 27.4. The maximum atomic E-state index is 12.4. The molecule has 0 aliphatic rings. The molecule has 150 valence electrons. The van der Waals surface area contributed by atoms with Crippen LogP contribution in [0.5, 0.6) is 5.75 Å². The summed E-state index contributed by atoms with van der Waals surface area (Å²) in [5.74, 6) is 0.650. The van der Waals surface area contributed by atoms with Gasteiger partial charge in [-0.3, -0.25) is 9.59 Å². The Morgan fingerprint density at radius 1 is 1.17 bits per heavy atom. The Bertz CT molecular complexity index is 1190. The molecule has 6 heteroatoms. The highest BCUT2D eigenvalue weighted by atomic mass is 79.9. The van der Waals surface area contributed by atoms with E-state index in [1.54, 1.807) is 6.08 Å². The lowest BCUT2D eigenvalue weighted by atomic mass is 9.91. The van der Waals surface area contributed by atoms with Crippen molar-refractivity contribution in [3.05, 3.63) is 83.7 Å². The van der Waals surface area contributed by atoms with E-state index in [1.165, 1.54) is 17.4 Å². The molecule has 0 bridgehead atoms. The van der Waals surface area contributed by atoms with Gasteiger partial charge in [0.05, 0.1) is 9.20 Å². The van der Waals surface area contributed by atoms with E-state index < -0.39 is 5.41 Å². The van der Waals surface area contributed by atoms with Crippen molar-refractivity contribution in [1.29, 1.82) is 0 Å². The first-order valence-electron chi connectivity index (χ1n) is 9.16. The Labute approximate surface area is 181 Å². The van der Waals surface area contributed by atoms with Crippen LogP contribution in [-0.2, 0) is 11.4 Å². The summed E-state index contributed by atoms with van der Waals surface area (Å²) in [6.07, 6.45) is 3.28. The van der Waals surface area contributed by atoms with Gasteiger partial charge >= 0.3 is 0 Å². The average molecular weight is 472 g/mol. The fourth-order valence-electron chi connectivity index (χ4n) is 2.50. The van der Waals surface area contributed by atoms with Gasteiger partial charge in [-0.1, -0.05) is 67.0 Å². The SMILES string of the molecule is CC(C)(C)C(=O)/C=c1\[nH]c(=O)/c(=C\c2cc(Br)ccc2OCc2ccccc2)s1. The first-order valence-corrected chi connectivity index (χ1v) is 10.8. The fraction of sp³-hybridized carbons (Fsp3) is 0.217. The van der Waals surface area contributed by atoms with Crippen molar-refractivity contribution < 1.29 is 9.53 Å². The van der Waals surface area contributed by atoms with Crippen molar-refractivity contribution in [2.24, 2.45) is 5.41 Å². The molecule has 0 spiro atoms. The van der Waals surface area contributed by atoms with E-state index in [-0.39, 0.29) is 11.3 Å². The summed E-state index contributed by atoms with van der Waals surface area (Å²) >= 11 is 4.73. The topological polar surface area (TPSA) is 59.2 Å². The van der Waals surface area contributed by atoms with Crippen molar-refractivity contribution in [3.8, 4) is 5.75 Å². The summed E-state index contributed by atoms with van der Waals surface area (Å²) < 4.78 is 7.93. The lowest BCUT2D eigenvalue weighted by molar-refractivity contribution is -0.119. The number of ketones is 1. The number of hydrogen-bond acceptors (Lipinski definition) is 4. The summed E-state index contributed by atoms with van der Waals surface area (Å²) in [5.41, 5.74) is 1.13. The number of aromatic amines is 1. The number of rotatable bonds is 5. The van der Waals surface area contributed by atoms with Crippen molar-refractivity contribution in [3.63, 3.8) is 0 Å². The maximum Gasteiger partial charge on any atom is 0.266 e. The third kappa shape index (κ3) is 5.78. The van der Waals surface area contributed by atoms with E-state index in [2.05, 4.69) is 20.9 Å². The number of aromatic nitrogens is 1. The molecule has 0 radical (unpaired) electrons. The predicted molar refractivity (Wildman–Crippen MR) is 122 cm³/mol. The molecule has 2 aromatic carbocycles. The van der Waals surface area contributed by atoms with E-state index in [1.807, 2.05) is 69.3 Å². The molecule has 3 aromatic rings. The van der Waals surface area contributed by atoms with Crippen molar-refractivity contribution >= 4 is 45.2 Å². The van der Waals surface area contributed by atoms with Crippen LogP contribution in [0.1, 0.15) is 31.9 Å². The number of nitrogens with one attached hydrogen (secondary N) is 1. The molecule has 1 N–H and O–H groups in total. The Kier molecular flexibility index (Phi) is 6.55. The van der Waals surface area contributed by atoms with E-state index in [0.717, 1.165) is 15.6 Å². The Hall–Kier alpha value is -2.44. The highest BCUT2D eigenvalue weighted by Gasteiger charge is 2.18. The van der Waals surface area contributed by atoms with E-state index >= 15 is 0 Å². The fourth-order valence-corrected chi connectivity index (χ4v) is 3.76. The van der Waals surface area contributed by atoms with Crippen LogP contribution in [0.4, 0.5) is 0 Å². The number of halogens is 1. The minimum atomic E-state index is -0.493. The van der Waals surface area contributed by atoms with Crippen molar-refractivity contribution in [1.82, 2.24) is 4.98 Å². The van der Waals surface area contributed by atoms with Crippen LogP contribution in [-0.4, -0.2) is 10.8 Å². The van der Waals surface area contributed by atoms with Crippen LogP contribution in [0.15, 0.2) is 57.8 Å². The van der Waals surface area contributed by atoms with Crippen molar-refractivity contribution in [2.45, 2.75) is 27.4 Å². The number of Topliss-reactive ketones (excluding diaryl/α,β-unsaturated/α-hetero) is 1. The normalized spacial score (nSPS) is 13.0. The molecule has 0 amide bonds. The first kappa shape index (κ1) is 21.3. The standard InChI is InChI=1S/C23H22BrNO3S/c1-23(2,3)20(26)13-21-25-22(27)19(29-21)12-16-11-17(24)9-10-18(16)28-14-15-7-5-4-6-8-15/h4-13H,14H2,1-3H3,(H,25,27)/b19-12+,21-13+. The zero-order chi connectivity index (χ0) is 21.0. The summed E-state index contributed by atoms with van der Waals surface area (Å²) in [5, 5.41) is 0. The molecule has 3 rings (SSSR count). The van der Waals surface area contributed by atoms with E-state index in [4.69, 9.17) is 4.74 Å². The van der Waals surface area contributed by atoms with Gasteiger partial charge in [0.1, 0.15) is 12.4 Å². The Morgan fingerprint density at radius 3 is 2.59 bits per heavy atom. The Balaban J connectivity index is 1.96. The molecule has 0 fully saturated rings. The van der Waals surface area contributed by atoms with Crippen LogP contribution >= 0.6 is 27.3 Å². The lowest BCUT2D eigenvalue weighted by Gasteiger charge is -2.12. The van der Waals surface area contributed by atoms with Gasteiger partial charge in [0, 0.05) is 21.5 Å². The van der Waals surface area contributed by atoms with Gasteiger partial charge in [-0.25, -0.2) is 0 Å². The molecule has 0 atom stereocenters. The third-order valence-corrected chi connectivity index (χ3v) is 5.63. The lowest BCUT2D eigenvalue weighted by Crippen LogP contribution is -2.22. The molecular weight excluding hydrogens is 450 g/mol. The predicted octanol–water partition coefficient (Wildman–Crippen LogP) is 4.00. The first-order chi connectivity index (χ1) is 13.7. The highest BCUT2D eigenvalue weighted by Crippen LogP contribution is 2.24. The van der Waals surface area contributed by atoms with Gasteiger partial charge in [-0.05, 0) is 29.8 Å². The van der Waals surface area contributed by atoms with E-state index in [0.29, 0.717) is 21.6 Å². The molecule has 4 nitrogen and oxygen atoms in total. The van der Waals surface area contributed by atoms with Gasteiger partial charge in [-0.15, -0.1) is 11.3 Å². The van der Waals surface area contributed by atoms with Gasteiger partial charge in [0.2, 0.25) is 0 Å². The van der Waals surface area contributed by atoms with Gasteiger partial charge in [-0.2, -0.15) is 0 Å². The second-order valence-corrected chi connectivity index (χ2v) is 9.64. The zero-order valence-corrected chi connectivity index (χ0v) is 18.9. The molecule has 0 saturated carbocycles. The van der Waals surface area contributed by atoms with Gasteiger partial charge in [0.25, 0.3) is 5.56 Å². The molecule has 1 heterocycles. The Morgan fingerprint density at radius 2 is 1.90 bits per heavy atom. The number of carbonyl (C=O) groups excluding carboxylic acids is 1. The number of carbonyl (C=O) groups is 1. The molecule has 0 unspecified atom stereocenters. The largest absolute Gasteiger partial charge is 0.488 e. The zero-order valence-electron chi connectivity index (χ0n) is 16.5. The summed E-state index contributed by atoms with van der Waals surface area (Å²) in [6, 6.07) is 15.6. The average Bonchev–Trinajstić information content (AvgIpc) is 3.00. The number of hydrogen-bond donors (Lipinski definition) is 1. The minimum absolute atomic E-state index is 0.0316. The molecule has 29 heavy (non-hydrogen) atoms. The summed E-state index contributed by atoms with van der Waals surface area (Å²) in [7, 11) is 0. The highest BCUT2D eigenvalue weighted by molar-refractivity contribution is 9.10. The molecule has 0 saturated heterocycles. The van der Waals surface area contributed by atoms with Crippen LogP contribution in [0.2, 0.25) is 0 Å². The maximum absolute atomic E-state index is 12.4. The monoisotopic (exact) mass is 471 g/mol. The number of H-pyrrole nitrogens is 1. The number of benzene rings is 2. The smallest absolute Gasteiger partial charge is 0.266 e. The number of thiazole rings is 1. The van der Waals surface area contributed by atoms with Gasteiger partial charge in [0.15, 0.2) is 5.78 Å². The second-order valence-electron chi connectivity index (χ2n) is 7.64. The molecule has 0 aliphatic heterocycles.